The van der Waals surface area contributed by atoms with Gasteiger partial charge in [0.1, 0.15) is 0 Å². The van der Waals surface area contributed by atoms with Gasteiger partial charge < -0.3 is 5.32 Å². The molecular weight excluding hydrogens is 240 g/mol. The number of rotatable bonds is 4. The summed E-state index contributed by atoms with van der Waals surface area (Å²) in [5.41, 5.74) is 3.55. The Kier molecular flexibility index (Phi) is 4.39. The molecule has 2 nitrogen and oxygen atoms in total. The molecule has 1 aromatic carbocycles. The number of thioether (sulfide) groups is 1. The van der Waals surface area contributed by atoms with Crippen molar-refractivity contribution in [2.24, 2.45) is 0 Å². The van der Waals surface area contributed by atoms with Crippen LogP contribution in [0.2, 0.25) is 0 Å². The van der Waals surface area contributed by atoms with Gasteiger partial charge in [-0.05, 0) is 43.5 Å². The van der Waals surface area contributed by atoms with Crippen LogP contribution >= 0.6 is 11.8 Å². The maximum absolute atomic E-state index is 4.38. The minimum Gasteiger partial charge on any atom is -0.309 e. The van der Waals surface area contributed by atoms with Gasteiger partial charge in [0.05, 0.1) is 6.04 Å². The van der Waals surface area contributed by atoms with Gasteiger partial charge in [-0.1, -0.05) is 24.3 Å². The van der Waals surface area contributed by atoms with Crippen molar-refractivity contribution in [1.82, 2.24) is 10.3 Å². The average molecular weight is 258 g/mol. The molecule has 1 aromatic heterocycles. The van der Waals surface area contributed by atoms with Crippen molar-refractivity contribution in [3.05, 3.63) is 59.4 Å². The highest BCUT2D eigenvalue weighted by Gasteiger charge is 2.15. The maximum atomic E-state index is 4.38. The van der Waals surface area contributed by atoms with Crippen LogP contribution in [0.3, 0.4) is 0 Å². The fraction of sp³-hybridized carbons (Fsp3) is 0.267. The molecule has 2 aromatic rings. The lowest BCUT2D eigenvalue weighted by atomic mass is 10.00. The zero-order chi connectivity index (χ0) is 13.0. The van der Waals surface area contributed by atoms with E-state index in [0.29, 0.717) is 0 Å². The van der Waals surface area contributed by atoms with Gasteiger partial charge in [-0.3, -0.25) is 4.98 Å². The standard InChI is InChI=1S/C15H18N2S/c1-11-8-9-12(10-17-11)15(16-2)13-6-4-5-7-14(13)18-3/h4-10,15-16H,1-3H3. The Morgan fingerprint density at radius 3 is 2.56 bits per heavy atom. The van der Waals surface area contributed by atoms with Crippen molar-refractivity contribution in [3.8, 4) is 0 Å². The highest BCUT2D eigenvalue weighted by atomic mass is 32.2. The van der Waals surface area contributed by atoms with Crippen molar-refractivity contribution in [2.45, 2.75) is 17.9 Å². The van der Waals surface area contributed by atoms with Crippen LogP contribution in [-0.4, -0.2) is 18.3 Å². The number of aryl methyl sites for hydroxylation is 1. The van der Waals surface area contributed by atoms with Crippen LogP contribution in [0.5, 0.6) is 0 Å². The van der Waals surface area contributed by atoms with E-state index in [9.17, 15) is 0 Å². The SMILES string of the molecule is CNC(c1ccc(C)nc1)c1ccccc1SC. The predicted octanol–water partition coefficient (Wildman–Crippen LogP) is 3.42. The second kappa shape index (κ2) is 6.03. The van der Waals surface area contributed by atoms with E-state index in [0.717, 1.165) is 5.69 Å². The number of hydrogen-bond donors (Lipinski definition) is 1. The summed E-state index contributed by atoms with van der Waals surface area (Å²) < 4.78 is 0. The second-order valence-electron chi connectivity index (χ2n) is 4.20. The van der Waals surface area contributed by atoms with Gasteiger partial charge in [0, 0.05) is 16.8 Å². The highest BCUT2D eigenvalue weighted by Crippen LogP contribution is 2.29. The number of hydrogen-bond acceptors (Lipinski definition) is 3. The van der Waals surface area contributed by atoms with Gasteiger partial charge in [-0.15, -0.1) is 11.8 Å². The molecule has 1 N–H and O–H groups in total. The first-order chi connectivity index (χ1) is 8.76. The molecule has 94 valence electrons. The Morgan fingerprint density at radius 2 is 1.94 bits per heavy atom. The van der Waals surface area contributed by atoms with Crippen LogP contribution < -0.4 is 5.32 Å². The highest BCUT2D eigenvalue weighted by molar-refractivity contribution is 7.98. The molecule has 2 rings (SSSR count). The Labute approximate surface area is 113 Å². The summed E-state index contributed by atoms with van der Waals surface area (Å²) in [4.78, 5) is 5.69. The first-order valence-corrected chi connectivity index (χ1v) is 7.21. The van der Waals surface area contributed by atoms with E-state index in [1.54, 1.807) is 11.8 Å². The van der Waals surface area contributed by atoms with Crippen LogP contribution in [0.25, 0.3) is 0 Å². The third-order valence-electron chi connectivity index (χ3n) is 3.01. The molecule has 0 amide bonds. The van der Waals surface area contributed by atoms with Gasteiger partial charge >= 0.3 is 0 Å². The average Bonchev–Trinajstić information content (AvgIpc) is 2.42. The maximum Gasteiger partial charge on any atom is 0.0600 e. The molecule has 3 heteroatoms. The third-order valence-corrected chi connectivity index (χ3v) is 3.82. The number of nitrogens with one attached hydrogen (secondary N) is 1. The van der Waals surface area contributed by atoms with Crippen molar-refractivity contribution >= 4 is 11.8 Å². The molecular formula is C15H18N2S. The summed E-state index contributed by atoms with van der Waals surface area (Å²) in [6.45, 7) is 2.01. The predicted molar refractivity (Wildman–Crippen MR) is 78.1 cm³/mol. The molecule has 0 aliphatic rings. The minimum atomic E-state index is 0.196. The summed E-state index contributed by atoms with van der Waals surface area (Å²) >= 11 is 1.78. The van der Waals surface area contributed by atoms with E-state index in [2.05, 4.69) is 53.0 Å². The molecule has 0 aliphatic carbocycles. The molecule has 1 unspecified atom stereocenters. The van der Waals surface area contributed by atoms with Crippen molar-refractivity contribution in [1.29, 1.82) is 0 Å². The van der Waals surface area contributed by atoms with Gasteiger partial charge in [0.25, 0.3) is 0 Å². The monoisotopic (exact) mass is 258 g/mol. The van der Waals surface area contributed by atoms with Crippen LogP contribution in [-0.2, 0) is 0 Å². The normalized spacial score (nSPS) is 12.4. The van der Waals surface area contributed by atoms with Crippen LogP contribution in [0.15, 0.2) is 47.5 Å². The molecule has 0 fully saturated rings. The molecule has 1 atom stereocenters. The van der Waals surface area contributed by atoms with Crippen LogP contribution in [0, 0.1) is 6.92 Å². The third kappa shape index (κ3) is 2.74. The zero-order valence-corrected chi connectivity index (χ0v) is 11.8. The number of pyridine rings is 1. The Balaban J connectivity index is 2.41. The fourth-order valence-electron chi connectivity index (χ4n) is 2.06. The molecule has 0 radical (unpaired) electrons. The lowest BCUT2D eigenvalue weighted by molar-refractivity contribution is 0.677. The fourth-order valence-corrected chi connectivity index (χ4v) is 2.69. The summed E-state index contributed by atoms with van der Waals surface area (Å²) in [5.74, 6) is 0. The van der Waals surface area contributed by atoms with E-state index in [1.807, 2.05) is 20.2 Å². The van der Waals surface area contributed by atoms with E-state index in [-0.39, 0.29) is 6.04 Å². The number of benzene rings is 1. The Morgan fingerprint density at radius 1 is 1.17 bits per heavy atom. The molecule has 0 saturated heterocycles. The lowest BCUT2D eigenvalue weighted by Gasteiger charge is -2.19. The first kappa shape index (κ1) is 13.1. The van der Waals surface area contributed by atoms with Gasteiger partial charge in [0.15, 0.2) is 0 Å². The van der Waals surface area contributed by atoms with E-state index in [4.69, 9.17) is 0 Å². The second-order valence-corrected chi connectivity index (χ2v) is 5.04. The van der Waals surface area contributed by atoms with Crippen molar-refractivity contribution in [2.75, 3.05) is 13.3 Å². The summed E-state index contributed by atoms with van der Waals surface area (Å²) in [5, 5.41) is 3.38. The lowest BCUT2D eigenvalue weighted by Crippen LogP contribution is -2.18. The van der Waals surface area contributed by atoms with Crippen LogP contribution in [0.4, 0.5) is 0 Å². The van der Waals surface area contributed by atoms with Crippen LogP contribution in [0.1, 0.15) is 22.9 Å². The van der Waals surface area contributed by atoms with Gasteiger partial charge in [-0.2, -0.15) is 0 Å². The van der Waals surface area contributed by atoms with E-state index >= 15 is 0 Å². The summed E-state index contributed by atoms with van der Waals surface area (Å²) in [6.07, 6.45) is 4.06. The molecule has 0 spiro atoms. The Bertz CT molecular complexity index is 508. The number of nitrogens with zero attached hydrogens (tertiary/aromatic N) is 1. The molecule has 1 heterocycles. The Hall–Kier alpha value is -1.32. The first-order valence-electron chi connectivity index (χ1n) is 5.99. The smallest absolute Gasteiger partial charge is 0.0600 e. The van der Waals surface area contributed by atoms with Crippen molar-refractivity contribution in [3.63, 3.8) is 0 Å². The quantitative estimate of drug-likeness (QED) is 0.851. The zero-order valence-electron chi connectivity index (χ0n) is 11.0. The minimum absolute atomic E-state index is 0.196. The van der Waals surface area contributed by atoms with Gasteiger partial charge in [0.2, 0.25) is 0 Å². The molecule has 0 saturated carbocycles. The topological polar surface area (TPSA) is 24.9 Å². The summed E-state index contributed by atoms with van der Waals surface area (Å²) in [6, 6.07) is 12.9. The van der Waals surface area contributed by atoms with E-state index < -0.39 is 0 Å². The number of aromatic nitrogens is 1. The molecule has 18 heavy (non-hydrogen) atoms. The summed E-state index contributed by atoms with van der Waals surface area (Å²) in [7, 11) is 1.99. The van der Waals surface area contributed by atoms with Crippen molar-refractivity contribution < 1.29 is 0 Å². The molecule has 0 aliphatic heterocycles. The largest absolute Gasteiger partial charge is 0.309 e. The molecule has 0 bridgehead atoms. The van der Waals surface area contributed by atoms with E-state index in [1.165, 1.54) is 16.0 Å². The van der Waals surface area contributed by atoms with Gasteiger partial charge in [-0.25, -0.2) is 0 Å².